The molecule has 2 aromatic heterocycles. The number of aryl methyl sites for hydroxylation is 2. The predicted octanol–water partition coefficient (Wildman–Crippen LogP) is 4.46. The van der Waals surface area contributed by atoms with Crippen molar-refractivity contribution in [3.63, 3.8) is 0 Å². The zero-order chi connectivity index (χ0) is 20.1. The van der Waals surface area contributed by atoms with Gasteiger partial charge in [-0.15, -0.1) is 11.3 Å². The van der Waals surface area contributed by atoms with Crippen LogP contribution in [-0.2, 0) is 16.1 Å². The van der Waals surface area contributed by atoms with Gasteiger partial charge >= 0.3 is 5.97 Å². The summed E-state index contributed by atoms with van der Waals surface area (Å²) in [5.74, 6) is -0.569. The van der Waals surface area contributed by atoms with Crippen LogP contribution >= 0.6 is 11.3 Å². The maximum Gasteiger partial charge on any atom is 0.349 e. The van der Waals surface area contributed by atoms with Gasteiger partial charge in [-0.25, -0.2) is 4.79 Å². The van der Waals surface area contributed by atoms with Crippen LogP contribution in [0.25, 0.3) is 6.08 Å². The van der Waals surface area contributed by atoms with Crippen molar-refractivity contribution in [2.24, 2.45) is 5.92 Å². The lowest BCUT2D eigenvalue weighted by atomic mass is 10.1. The number of Topliss-reactive ketones (excluding diaryl/α,β-unsaturated/α-hetero) is 1. The average Bonchev–Trinajstić information content (AvgIpc) is 3.15. The average molecular weight is 385 g/mol. The molecular formula is C21H24N2O3S. The number of thiophene rings is 1. The quantitative estimate of drug-likeness (QED) is 0.306. The lowest BCUT2D eigenvalue weighted by Gasteiger charge is -2.12. The molecule has 0 saturated heterocycles. The van der Waals surface area contributed by atoms with E-state index < -0.39 is 5.97 Å². The van der Waals surface area contributed by atoms with Gasteiger partial charge in [-0.05, 0) is 56.5 Å². The summed E-state index contributed by atoms with van der Waals surface area (Å²) >= 11 is 1.35. The van der Waals surface area contributed by atoms with Crippen LogP contribution in [0, 0.1) is 38.0 Å². The summed E-state index contributed by atoms with van der Waals surface area (Å²) in [7, 11) is 0. The molecular weight excluding hydrogens is 360 g/mol. The molecule has 27 heavy (non-hydrogen) atoms. The van der Waals surface area contributed by atoms with Crippen LogP contribution in [0.4, 0.5) is 0 Å². The Hall–Kier alpha value is -2.65. The Morgan fingerprint density at radius 2 is 2.00 bits per heavy atom. The summed E-state index contributed by atoms with van der Waals surface area (Å²) in [6.07, 6.45) is 1.53. The molecule has 0 N–H and O–H groups in total. The lowest BCUT2D eigenvalue weighted by Crippen LogP contribution is -2.14. The van der Waals surface area contributed by atoms with Gasteiger partial charge in [-0.2, -0.15) is 5.26 Å². The van der Waals surface area contributed by atoms with Gasteiger partial charge in [0.1, 0.15) is 11.6 Å². The number of ether oxygens (including phenoxy) is 1. The third-order valence-electron chi connectivity index (χ3n) is 4.15. The number of nitrogens with zero attached hydrogens (tertiary/aromatic N) is 2. The number of hydrogen-bond acceptors (Lipinski definition) is 5. The maximum absolute atomic E-state index is 12.2. The van der Waals surface area contributed by atoms with Crippen molar-refractivity contribution in [1.82, 2.24) is 4.57 Å². The number of aromatic nitrogens is 1. The van der Waals surface area contributed by atoms with E-state index in [-0.39, 0.29) is 18.0 Å². The molecule has 0 aliphatic rings. The van der Waals surface area contributed by atoms with Crippen LogP contribution in [-0.4, -0.2) is 22.9 Å². The molecule has 0 radical (unpaired) electrons. The number of carbonyl (C=O) groups is 2. The molecule has 0 aromatic carbocycles. The van der Waals surface area contributed by atoms with Crippen molar-refractivity contribution in [3.05, 3.63) is 50.5 Å². The van der Waals surface area contributed by atoms with E-state index in [4.69, 9.17) is 4.74 Å². The van der Waals surface area contributed by atoms with E-state index in [2.05, 4.69) is 18.4 Å². The highest BCUT2D eigenvalue weighted by Gasteiger charge is 2.17. The number of ketones is 1. The Labute approximate surface area is 163 Å². The summed E-state index contributed by atoms with van der Waals surface area (Å²) in [6, 6.07) is 7.38. The zero-order valence-electron chi connectivity index (χ0n) is 16.3. The van der Waals surface area contributed by atoms with Crippen molar-refractivity contribution in [1.29, 1.82) is 5.26 Å². The van der Waals surface area contributed by atoms with E-state index in [1.165, 1.54) is 17.4 Å². The second kappa shape index (κ2) is 8.83. The van der Waals surface area contributed by atoms with Crippen molar-refractivity contribution in [2.75, 3.05) is 6.61 Å². The van der Waals surface area contributed by atoms with E-state index in [9.17, 15) is 14.9 Å². The Balaban J connectivity index is 2.13. The first kappa shape index (κ1) is 20.7. The van der Waals surface area contributed by atoms with Crippen molar-refractivity contribution in [3.8, 4) is 6.07 Å². The normalized spacial score (nSPS) is 11.5. The minimum absolute atomic E-state index is 0.116. The van der Waals surface area contributed by atoms with Crippen molar-refractivity contribution < 1.29 is 14.3 Å². The molecule has 5 nitrogen and oxygen atoms in total. The first-order valence-electron chi connectivity index (χ1n) is 8.78. The minimum Gasteiger partial charge on any atom is -0.453 e. The summed E-state index contributed by atoms with van der Waals surface area (Å²) in [5, 5.41) is 9.35. The SMILES string of the molecule is Cc1ccc(C(=O)COC(=O)C(C#N)=Cc2cc(C)n(CC(C)C)c2C)s1. The number of esters is 1. The van der Waals surface area contributed by atoms with Crippen LogP contribution in [0.2, 0.25) is 0 Å². The van der Waals surface area contributed by atoms with E-state index >= 15 is 0 Å². The summed E-state index contributed by atoms with van der Waals surface area (Å²) < 4.78 is 7.22. The molecule has 2 heterocycles. The number of nitriles is 1. The second-order valence-corrected chi connectivity index (χ2v) is 8.20. The molecule has 0 amide bonds. The highest BCUT2D eigenvalue weighted by molar-refractivity contribution is 7.14. The van der Waals surface area contributed by atoms with Crippen molar-refractivity contribution >= 4 is 29.2 Å². The monoisotopic (exact) mass is 384 g/mol. The standard InChI is InChI=1S/C21H24N2O3S/c1-13(2)11-23-14(3)8-17(16(23)5)9-18(10-22)21(25)26-12-19(24)20-7-6-15(4)27-20/h6-9,13H,11-12H2,1-5H3. The minimum atomic E-state index is -0.784. The molecule has 0 bridgehead atoms. The summed E-state index contributed by atoms with van der Waals surface area (Å²) in [4.78, 5) is 25.9. The first-order valence-corrected chi connectivity index (χ1v) is 9.59. The molecule has 0 atom stereocenters. The van der Waals surface area contributed by atoms with Gasteiger partial charge in [-0.3, -0.25) is 4.79 Å². The molecule has 0 fully saturated rings. The maximum atomic E-state index is 12.2. The highest BCUT2D eigenvalue weighted by atomic mass is 32.1. The third-order valence-corrected chi connectivity index (χ3v) is 5.19. The number of hydrogen-bond donors (Lipinski definition) is 0. The van der Waals surface area contributed by atoms with Gasteiger partial charge in [0.2, 0.25) is 5.78 Å². The molecule has 2 rings (SSSR count). The van der Waals surface area contributed by atoms with Gasteiger partial charge < -0.3 is 9.30 Å². The molecule has 0 aliphatic heterocycles. The summed E-state index contributed by atoms with van der Waals surface area (Å²) in [5.41, 5.74) is 2.75. The van der Waals surface area contributed by atoms with Gasteiger partial charge in [0.15, 0.2) is 6.61 Å². The van der Waals surface area contributed by atoms with Gasteiger partial charge in [-0.1, -0.05) is 13.8 Å². The van der Waals surface area contributed by atoms with Crippen LogP contribution < -0.4 is 0 Å². The Morgan fingerprint density at radius 3 is 2.56 bits per heavy atom. The fraction of sp³-hybridized carbons (Fsp3) is 0.381. The molecule has 0 aliphatic carbocycles. The van der Waals surface area contributed by atoms with Gasteiger partial charge in [0.25, 0.3) is 0 Å². The molecule has 0 unspecified atom stereocenters. The van der Waals surface area contributed by atoms with Gasteiger partial charge in [0.05, 0.1) is 4.88 Å². The van der Waals surface area contributed by atoms with Crippen LogP contribution in [0.3, 0.4) is 0 Å². The molecule has 0 saturated carbocycles. The smallest absolute Gasteiger partial charge is 0.349 e. The third kappa shape index (κ3) is 5.18. The van der Waals surface area contributed by atoms with Gasteiger partial charge in [0, 0.05) is 22.8 Å². The topological polar surface area (TPSA) is 72.1 Å². The van der Waals surface area contributed by atoms with E-state index in [0.717, 1.165) is 28.4 Å². The molecule has 142 valence electrons. The Bertz CT molecular complexity index is 926. The Morgan fingerprint density at radius 1 is 1.30 bits per heavy atom. The van der Waals surface area contributed by atoms with E-state index in [0.29, 0.717) is 10.8 Å². The van der Waals surface area contributed by atoms with Crippen molar-refractivity contribution in [2.45, 2.75) is 41.2 Å². The van der Waals surface area contributed by atoms with Crippen LogP contribution in [0.1, 0.15) is 45.3 Å². The zero-order valence-corrected chi connectivity index (χ0v) is 17.1. The predicted molar refractivity (Wildman–Crippen MR) is 107 cm³/mol. The molecule has 0 spiro atoms. The first-order chi connectivity index (χ1) is 12.7. The molecule has 2 aromatic rings. The highest BCUT2D eigenvalue weighted by Crippen LogP contribution is 2.20. The van der Waals surface area contributed by atoms with Crippen LogP contribution in [0.5, 0.6) is 0 Å². The number of carbonyl (C=O) groups excluding carboxylic acids is 2. The lowest BCUT2D eigenvalue weighted by molar-refractivity contribution is -0.137. The summed E-state index contributed by atoms with van der Waals surface area (Å²) in [6.45, 7) is 10.6. The van der Waals surface area contributed by atoms with Crippen LogP contribution in [0.15, 0.2) is 23.8 Å². The van der Waals surface area contributed by atoms with E-state index in [1.807, 2.05) is 39.0 Å². The van der Waals surface area contributed by atoms with E-state index in [1.54, 1.807) is 6.07 Å². The largest absolute Gasteiger partial charge is 0.453 e. The fourth-order valence-corrected chi connectivity index (χ4v) is 3.57. The number of rotatable bonds is 7. The second-order valence-electron chi connectivity index (χ2n) is 6.91. The molecule has 6 heteroatoms. The fourth-order valence-electron chi connectivity index (χ4n) is 2.78. The Kier molecular flexibility index (Phi) is 6.75.